The van der Waals surface area contributed by atoms with E-state index >= 15 is 0 Å². The van der Waals surface area contributed by atoms with Crippen LogP contribution in [0.4, 0.5) is 4.39 Å². The first-order chi connectivity index (χ1) is 14.0. The zero-order valence-corrected chi connectivity index (χ0v) is 16.6. The van der Waals surface area contributed by atoms with Crippen LogP contribution in [0.15, 0.2) is 71.3 Å². The fourth-order valence-electron chi connectivity index (χ4n) is 4.36. The standard InChI is InChI=1S/C26H20FNO/c1-15-12-16(2)24(17(3)13-15)18-10-11-28-23(14-18)21-8-4-6-19-20-7-5-9-22(27)26(20)29-25(19)21/h4-14H,1-3H3. The number of rotatable bonds is 2. The third kappa shape index (κ3) is 2.82. The molecule has 0 fully saturated rings. The summed E-state index contributed by atoms with van der Waals surface area (Å²) in [5, 5.41) is 1.68. The van der Waals surface area contributed by atoms with Crippen LogP contribution in [0.5, 0.6) is 0 Å². The van der Waals surface area contributed by atoms with Gasteiger partial charge in [0.1, 0.15) is 5.58 Å². The molecule has 142 valence electrons. The highest BCUT2D eigenvalue weighted by molar-refractivity contribution is 6.09. The molecule has 0 spiro atoms. The fourth-order valence-corrected chi connectivity index (χ4v) is 4.36. The molecular weight excluding hydrogens is 361 g/mol. The lowest BCUT2D eigenvalue weighted by Crippen LogP contribution is -1.92. The Kier molecular flexibility index (Phi) is 3.99. The average molecular weight is 381 g/mol. The Bertz CT molecular complexity index is 1370. The maximum absolute atomic E-state index is 14.3. The Hall–Kier alpha value is -3.46. The smallest absolute Gasteiger partial charge is 0.171 e. The molecule has 2 heterocycles. The normalized spacial score (nSPS) is 11.4. The van der Waals surface area contributed by atoms with Gasteiger partial charge in [-0.2, -0.15) is 0 Å². The third-order valence-electron chi connectivity index (χ3n) is 5.48. The van der Waals surface area contributed by atoms with E-state index in [0.29, 0.717) is 5.58 Å². The van der Waals surface area contributed by atoms with Gasteiger partial charge < -0.3 is 4.42 Å². The first kappa shape index (κ1) is 17.6. The maximum Gasteiger partial charge on any atom is 0.171 e. The highest BCUT2D eigenvalue weighted by atomic mass is 19.1. The van der Waals surface area contributed by atoms with Crippen molar-refractivity contribution in [3.63, 3.8) is 0 Å². The molecule has 0 atom stereocenters. The van der Waals surface area contributed by atoms with Crippen LogP contribution < -0.4 is 0 Å². The SMILES string of the molecule is Cc1cc(C)c(-c2ccnc(-c3cccc4c3oc3c(F)cccc34)c2)c(C)c1. The Morgan fingerprint density at radius 3 is 2.24 bits per heavy atom. The number of nitrogens with zero attached hydrogens (tertiary/aromatic N) is 1. The Morgan fingerprint density at radius 1 is 0.793 bits per heavy atom. The molecule has 0 N–H and O–H groups in total. The van der Waals surface area contributed by atoms with Gasteiger partial charge in [0, 0.05) is 22.5 Å². The van der Waals surface area contributed by atoms with Crippen LogP contribution in [0, 0.1) is 26.6 Å². The fraction of sp³-hybridized carbons (Fsp3) is 0.115. The lowest BCUT2D eigenvalue weighted by molar-refractivity contribution is 0.584. The van der Waals surface area contributed by atoms with Crippen LogP contribution in [0.2, 0.25) is 0 Å². The number of pyridine rings is 1. The number of fused-ring (bicyclic) bond motifs is 3. The second-order valence-electron chi connectivity index (χ2n) is 7.60. The molecule has 2 nitrogen and oxygen atoms in total. The molecule has 0 aliphatic heterocycles. The topological polar surface area (TPSA) is 26.0 Å². The highest BCUT2D eigenvalue weighted by Crippen LogP contribution is 2.37. The van der Waals surface area contributed by atoms with Crippen molar-refractivity contribution in [2.24, 2.45) is 0 Å². The molecule has 2 aromatic heterocycles. The van der Waals surface area contributed by atoms with Crippen LogP contribution in [0.1, 0.15) is 16.7 Å². The summed E-state index contributed by atoms with van der Waals surface area (Å²) in [4.78, 5) is 4.60. The Labute approximate surface area is 168 Å². The summed E-state index contributed by atoms with van der Waals surface area (Å²) in [6.45, 7) is 6.39. The molecule has 3 heteroatoms. The zero-order valence-electron chi connectivity index (χ0n) is 16.6. The van der Waals surface area contributed by atoms with Crippen molar-refractivity contribution in [2.75, 3.05) is 0 Å². The van der Waals surface area contributed by atoms with Crippen molar-refractivity contribution in [3.05, 3.63) is 89.4 Å². The average Bonchev–Trinajstić information content (AvgIpc) is 3.08. The summed E-state index contributed by atoms with van der Waals surface area (Å²) < 4.78 is 20.2. The van der Waals surface area contributed by atoms with E-state index in [1.807, 2.05) is 36.5 Å². The van der Waals surface area contributed by atoms with Gasteiger partial charge in [-0.3, -0.25) is 4.98 Å². The number of furan rings is 1. The zero-order chi connectivity index (χ0) is 20.1. The number of para-hydroxylation sites is 2. The van der Waals surface area contributed by atoms with Crippen molar-refractivity contribution in [3.8, 4) is 22.4 Å². The highest BCUT2D eigenvalue weighted by Gasteiger charge is 2.16. The molecule has 0 saturated heterocycles. The van der Waals surface area contributed by atoms with Gasteiger partial charge in [0.2, 0.25) is 0 Å². The van der Waals surface area contributed by atoms with Crippen LogP contribution >= 0.6 is 0 Å². The van der Waals surface area contributed by atoms with Gasteiger partial charge in [-0.1, -0.05) is 42.0 Å². The monoisotopic (exact) mass is 381 g/mol. The van der Waals surface area contributed by atoms with E-state index in [-0.39, 0.29) is 11.4 Å². The minimum atomic E-state index is -0.350. The van der Waals surface area contributed by atoms with Gasteiger partial charge in [-0.15, -0.1) is 0 Å². The predicted octanol–water partition coefficient (Wildman–Crippen LogP) is 7.38. The summed E-state index contributed by atoms with van der Waals surface area (Å²) in [6, 6.07) is 19.4. The Balaban J connectivity index is 1.74. The first-order valence-corrected chi connectivity index (χ1v) is 9.67. The van der Waals surface area contributed by atoms with Gasteiger partial charge in [-0.25, -0.2) is 4.39 Å². The molecule has 0 amide bonds. The van der Waals surface area contributed by atoms with Crippen molar-refractivity contribution in [2.45, 2.75) is 20.8 Å². The van der Waals surface area contributed by atoms with Crippen molar-refractivity contribution in [1.29, 1.82) is 0 Å². The van der Waals surface area contributed by atoms with Crippen LogP contribution in [-0.2, 0) is 0 Å². The molecule has 5 rings (SSSR count). The number of halogens is 1. The number of hydrogen-bond donors (Lipinski definition) is 0. The largest absolute Gasteiger partial charge is 0.452 e. The minimum Gasteiger partial charge on any atom is -0.452 e. The van der Waals surface area contributed by atoms with Crippen LogP contribution in [-0.4, -0.2) is 4.98 Å². The predicted molar refractivity (Wildman–Crippen MR) is 117 cm³/mol. The van der Waals surface area contributed by atoms with E-state index in [1.165, 1.54) is 28.3 Å². The summed E-state index contributed by atoms with van der Waals surface area (Å²) in [5.74, 6) is -0.350. The van der Waals surface area contributed by atoms with E-state index in [4.69, 9.17) is 4.42 Å². The van der Waals surface area contributed by atoms with E-state index in [0.717, 1.165) is 27.6 Å². The summed E-state index contributed by atoms with van der Waals surface area (Å²) in [7, 11) is 0. The van der Waals surface area contributed by atoms with Gasteiger partial charge in [0.25, 0.3) is 0 Å². The second-order valence-corrected chi connectivity index (χ2v) is 7.60. The second kappa shape index (κ2) is 6.56. The molecule has 0 aliphatic carbocycles. The summed E-state index contributed by atoms with van der Waals surface area (Å²) in [5.41, 5.74) is 8.70. The number of aryl methyl sites for hydroxylation is 3. The molecule has 0 bridgehead atoms. The van der Waals surface area contributed by atoms with Gasteiger partial charge in [-0.05, 0) is 67.3 Å². The number of aromatic nitrogens is 1. The van der Waals surface area contributed by atoms with Crippen molar-refractivity contribution in [1.82, 2.24) is 4.98 Å². The maximum atomic E-state index is 14.3. The van der Waals surface area contributed by atoms with Crippen molar-refractivity contribution >= 4 is 21.9 Å². The molecule has 5 aromatic rings. The summed E-state index contributed by atoms with van der Waals surface area (Å²) in [6.07, 6.45) is 1.82. The molecule has 0 radical (unpaired) electrons. The summed E-state index contributed by atoms with van der Waals surface area (Å²) >= 11 is 0. The number of hydrogen-bond acceptors (Lipinski definition) is 2. The third-order valence-corrected chi connectivity index (χ3v) is 5.48. The van der Waals surface area contributed by atoms with Crippen LogP contribution in [0.25, 0.3) is 44.3 Å². The molecule has 0 aliphatic rings. The quantitative estimate of drug-likeness (QED) is 0.319. The minimum absolute atomic E-state index is 0.288. The lowest BCUT2D eigenvalue weighted by Gasteiger charge is -2.12. The van der Waals surface area contributed by atoms with E-state index < -0.39 is 0 Å². The lowest BCUT2D eigenvalue weighted by atomic mass is 9.93. The first-order valence-electron chi connectivity index (χ1n) is 9.67. The van der Waals surface area contributed by atoms with Gasteiger partial charge >= 0.3 is 0 Å². The molecule has 0 unspecified atom stereocenters. The van der Waals surface area contributed by atoms with Crippen LogP contribution in [0.3, 0.4) is 0 Å². The molecule has 3 aromatic carbocycles. The van der Waals surface area contributed by atoms with Gasteiger partial charge in [0.05, 0.1) is 5.69 Å². The molecule has 0 saturated carbocycles. The van der Waals surface area contributed by atoms with Crippen molar-refractivity contribution < 1.29 is 8.81 Å². The van der Waals surface area contributed by atoms with E-state index in [9.17, 15) is 4.39 Å². The number of benzene rings is 3. The Morgan fingerprint density at radius 2 is 1.48 bits per heavy atom. The van der Waals surface area contributed by atoms with Gasteiger partial charge in [0.15, 0.2) is 11.4 Å². The molecular formula is C26H20FNO. The molecule has 29 heavy (non-hydrogen) atoms. The van der Waals surface area contributed by atoms with E-state index in [2.05, 4.69) is 44.0 Å². The van der Waals surface area contributed by atoms with E-state index in [1.54, 1.807) is 6.07 Å².